The third-order valence-electron chi connectivity index (χ3n) is 3.58. The minimum Gasteiger partial charge on any atom is -0.481 e. The van der Waals surface area contributed by atoms with Gasteiger partial charge in [0, 0.05) is 22.0 Å². The lowest BCUT2D eigenvalue weighted by molar-refractivity contribution is -0.149. The highest BCUT2D eigenvalue weighted by molar-refractivity contribution is 9.13. The monoisotopic (exact) mass is 391 g/mol. The molecule has 0 aliphatic carbocycles. The van der Waals surface area contributed by atoms with Crippen molar-refractivity contribution in [3.8, 4) is 0 Å². The molecule has 0 aliphatic rings. The first-order valence-corrected chi connectivity index (χ1v) is 7.92. The molecule has 5 heteroatoms. The first-order valence-electron chi connectivity index (χ1n) is 6.33. The smallest absolute Gasteiger partial charge is 0.310 e. The van der Waals surface area contributed by atoms with Crippen molar-refractivity contribution in [2.75, 3.05) is 6.54 Å². The van der Waals surface area contributed by atoms with Crippen LogP contribution in [0.4, 0.5) is 0 Å². The molecule has 1 rings (SSSR count). The molecule has 0 amide bonds. The molecule has 0 saturated heterocycles. The molecule has 2 N–H and O–H groups in total. The quantitative estimate of drug-likeness (QED) is 0.731. The highest BCUT2D eigenvalue weighted by Crippen LogP contribution is 2.26. The van der Waals surface area contributed by atoms with E-state index >= 15 is 0 Å². The maximum absolute atomic E-state index is 11.4. The Morgan fingerprint density at radius 2 is 1.89 bits per heavy atom. The van der Waals surface area contributed by atoms with Crippen molar-refractivity contribution in [2.24, 2.45) is 5.41 Å². The molecule has 0 unspecified atom stereocenters. The van der Waals surface area contributed by atoms with E-state index in [0.29, 0.717) is 25.9 Å². The molecule has 106 valence electrons. The van der Waals surface area contributed by atoms with Crippen LogP contribution >= 0.6 is 31.9 Å². The van der Waals surface area contributed by atoms with E-state index in [1.54, 1.807) is 0 Å². The molecule has 19 heavy (non-hydrogen) atoms. The van der Waals surface area contributed by atoms with E-state index in [-0.39, 0.29) is 0 Å². The summed E-state index contributed by atoms with van der Waals surface area (Å²) in [4.78, 5) is 11.4. The van der Waals surface area contributed by atoms with Crippen LogP contribution in [-0.2, 0) is 11.3 Å². The Hall–Kier alpha value is -0.390. The number of carboxylic acid groups (broad SMARTS) is 1. The van der Waals surface area contributed by atoms with Crippen LogP contribution in [0.5, 0.6) is 0 Å². The number of aliphatic carboxylic acids is 1. The van der Waals surface area contributed by atoms with Gasteiger partial charge in [0.25, 0.3) is 0 Å². The molecule has 1 aromatic carbocycles. The van der Waals surface area contributed by atoms with Crippen LogP contribution < -0.4 is 5.32 Å². The third kappa shape index (κ3) is 4.29. The van der Waals surface area contributed by atoms with Crippen LogP contribution in [-0.4, -0.2) is 17.6 Å². The SMILES string of the molecule is CCC(CC)(CNCc1ccc(Br)c(Br)c1)C(=O)O. The predicted octanol–water partition coefficient (Wildman–Crippen LogP) is 4.19. The van der Waals surface area contributed by atoms with E-state index < -0.39 is 11.4 Å². The van der Waals surface area contributed by atoms with E-state index in [4.69, 9.17) is 0 Å². The van der Waals surface area contributed by atoms with Gasteiger partial charge in [-0.1, -0.05) is 19.9 Å². The van der Waals surface area contributed by atoms with E-state index in [1.165, 1.54) is 0 Å². The summed E-state index contributed by atoms with van der Waals surface area (Å²) in [6.07, 6.45) is 1.27. The fraction of sp³-hybridized carbons (Fsp3) is 0.500. The second-order valence-electron chi connectivity index (χ2n) is 4.64. The average Bonchev–Trinajstić information content (AvgIpc) is 2.39. The number of benzene rings is 1. The first-order chi connectivity index (χ1) is 8.95. The summed E-state index contributed by atoms with van der Waals surface area (Å²) in [6, 6.07) is 6.02. The van der Waals surface area contributed by atoms with E-state index in [0.717, 1.165) is 14.5 Å². The van der Waals surface area contributed by atoms with Gasteiger partial charge in [0.05, 0.1) is 5.41 Å². The zero-order valence-electron chi connectivity index (χ0n) is 11.2. The molecular formula is C14H19Br2NO2. The highest BCUT2D eigenvalue weighted by Gasteiger charge is 2.34. The molecule has 3 nitrogen and oxygen atoms in total. The molecule has 0 bridgehead atoms. The van der Waals surface area contributed by atoms with Crippen molar-refractivity contribution < 1.29 is 9.90 Å². The van der Waals surface area contributed by atoms with Gasteiger partial charge in [-0.25, -0.2) is 0 Å². The standard InChI is InChI=1S/C14H19Br2NO2/c1-3-14(4-2,13(18)19)9-17-8-10-5-6-11(15)12(16)7-10/h5-7,17H,3-4,8-9H2,1-2H3,(H,18,19). The Balaban J connectivity index is 2.61. The highest BCUT2D eigenvalue weighted by atomic mass is 79.9. The molecule has 0 fully saturated rings. The normalized spacial score (nSPS) is 11.6. The summed E-state index contributed by atoms with van der Waals surface area (Å²) in [5.41, 5.74) is 0.466. The minimum absolute atomic E-state index is 0.489. The number of carboxylic acids is 1. The van der Waals surface area contributed by atoms with Crippen LogP contribution in [0.2, 0.25) is 0 Å². The first kappa shape index (κ1) is 16.7. The van der Waals surface area contributed by atoms with Crippen molar-refractivity contribution in [3.05, 3.63) is 32.7 Å². The Morgan fingerprint density at radius 3 is 2.37 bits per heavy atom. The third-order valence-corrected chi connectivity index (χ3v) is 5.46. The van der Waals surface area contributed by atoms with Crippen molar-refractivity contribution in [3.63, 3.8) is 0 Å². The Kier molecular flexibility index (Phi) is 6.50. The van der Waals surface area contributed by atoms with Gasteiger partial charge in [-0.2, -0.15) is 0 Å². The molecular weight excluding hydrogens is 374 g/mol. The second kappa shape index (κ2) is 7.41. The number of carbonyl (C=O) groups is 1. The molecule has 0 radical (unpaired) electrons. The number of halogens is 2. The summed E-state index contributed by atoms with van der Waals surface area (Å²) >= 11 is 6.88. The van der Waals surface area contributed by atoms with Gasteiger partial charge in [-0.05, 0) is 62.4 Å². The van der Waals surface area contributed by atoms with Gasteiger partial charge in [0.2, 0.25) is 0 Å². The van der Waals surface area contributed by atoms with Crippen molar-refractivity contribution in [2.45, 2.75) is 33.2 Å². The maximum atomic E-state index is 11.4. The summed E-state index contributed by atoms with van der Waals surface area (Å²) < 4.78 is 2.01. The summed E-state index contributed by atoms with van der Waals surface area (Å²) in [7, 11) is 0. The topological polar surface area (TPSA) is 49.3 Å². The lowest BCUT2D eigenvalue weighted by Gasteiger charge is -2.27. The lowest BCUT2D eigenvalue weighted by atomic mass is 9.82. The van der Waals surface area contributed by atoms with Crippen LogP contribution in [0.15, 0.2) is 27.1 Å². The van der Waals surface area contributed by atoms with Crippen LogP contribution in [0.1, 0.15) is 32.3 Å². The Bertz CT molecular complexity index is 445. The molecule has 0 aliphatic heterocycles. The summed E-state index contributed by atoms with van der Waals surface area (Å²) in [5, 5.41) is 12.6. The fourth-order valence-corrected chi connectivity index (χ4v) is 2.65. The van der Waals surface area contributed by atoms with E-state index in [1.807, 2.05) is 32.0 Å². The van der Waals surface area contributed by atoms with Crippen molar-refractivity contribution >= 4 is 37.8 Å². The number of hydrogen-bond acceptors (Lipinski definition) is 2. The molecule has 0 heterocycles. The summed E-state index contributed by atoms with van der Waals surface area (Å²) in [5.74, 6) is -0.720. The Morgan fingerprint density at radius 1 is 1.26 bits per heavy atom. The van der Waals surface area contributed by atoms with Crippen LogP contribution in [0.25, 0.3) is 0 Å². The van der Waals surface area contributed by atoms with E-state index in [9.17, 15) is 9.90 Å². The zero-order valence-corrected chi connectivity index (χ0v) is 14.3. The number of rotatable bonds is 7. The molecule has 0 spiro atoms. The van der Waals surface area contributed by atoms with Gasteiger partial charge in [-0.15, -0.1) is 0 Å². The van der Waals surface area contributed by atoms with Crippen LogP contribution in [0.3, 0.4) is 0 Å². The molecule has 1 aromatic rings. The number of hydrogen-bond donors (Lipinski definition) is 2. The van der Waals surface area contributed by atoms with Gasteiger partial charge in [0.1, 0.15) is 0 Å². The maximum Gasteiger partial charge on any atom is 0.310 e. The molecule has 0 atom stereocenters. The van der Waals surface area contributed by atoms with Crippen molar-refractivity contribution in [1.29, 1.82) is 0 Å². The number of nitrogens with one attached hydrogen (secondary N) is 1. The minimum atomic E-state index is -0.720. The molecule has 0 saturated carbocycles. The fourth-order valence-electron chi connectivity index (χ4n) is 1.97. The van der Waals surface area contributed by atoms with Crippen molar-refractivity contribution in [1.82, 2.24) is 5.32 Å². The predicted molar refractivity (Wildman–Crippen MR) is 84.2 cm³/mol. The lowest BCUT2D eigenvalue weighted by Crippen LogP contribution is -2.40. The Labute approximate surface area is 131 Å². The van der Waals surface area contributed by atoms with Crippen LogP contribution in [0, 0.1) is 5.41 Å². The van der Waals surface area contributed by atoms with Gasteiger partial charge in [-0.3, -0.25) is 4.79 Å². The van der Waals surface area contributed by atoms with Gasteiger partial charge in [0.15, 0.2) is 0 Å². The zero-order chi connectivity index (χ0) is 14.5. The largest absolute Gasteiger partial charge is 0.481 e. The van der Waals surface area contributed by atoms with Gasteiger partial charge >= 0.3 is 5.97 Å². The second-order valence-corrected chi connectivity index (χ2v) is 6.35. The van der Waals surface area contributed by atoms with E-state index in [2.05, 4.69) is 37.2 Å². The summed E-state index contributed by atoms with van der Waals surface area (Å²) in [6.45, 7) is 5.01. The average molecular weight is 393 g/mol. The molecule has 0 aromatic heterocycles. The van der Waals surface area contributed by atoms with Gasteiger partial charge < -0.3 is 10.4 Å².